The van der Waals surface area contributed by atoms with E-state index in [1.54, 1.807) is 0 Å². The van der Waals surface area contributed by atoms with E-state index in [2.05, 4.69) is 110 Å². The number of hydrogen-bond donors (Lipinski definition) is 0. The zero-order chi connectivity index (χ0) is 26.1. The Bertz CT molecular complexity index is 2050. The van der Waals surface area contributed by atoms with Crippen LogP contribution >= 0.6 is 0 Å². The third-order valence-corrected chi connectivity index (χ3v) is 8.49. The summed E-state index contributed by atoms with van der Waals surface area (Å²) in [6, 6.07) is 41.4. The summed E-state index contributed by atoms with van der Waals surface area (Å²) in [6.07, 6.45) is 1.82. The third kappa shape index (κ3) is 3.15. The molecule has 2 heterocycles. The van der Waals surface area contributed by atoms with Gasteiger partial charge in [-0.1, -0.05) is 98.8 Å². The van der Waals surface area contributed by atoms with Gasteiger partial charge >= 0.3 is 0 Å². The average Bonchev–Trinajstić information content (AvgIpc) is 3.23. The van der Waals surface area contributed by atoms with Gasteiger partial charge in [0.15, 0.2) is 0 Å². The van der Waals surface area contributed by atoms with Crippen molar-refractivity contribution < 1.29 is 0 Å². The minimum atomic E-state index is -0.163. The molecule has 7 aromatic rings. The highest BCUT2D eigenvalue weighted by Gasteiger charge is 2.38. The molecule has 39 heavy (non-hydrogen) atoms. The Kier molecular flexibility index (Phi) is 4.60. The fourth-order valence-corrected chi connectivity index (χ4v) is 6.71. The van der Waals surface area contributed by atoms with E-state index >= 15 is 0 Å². The summed E-state index contributed by atoms with van der Waals surface area (Å²) in [5.74, 6) is 0. The molecular weight excluding hydrogens is 472 g/mol. The van der Waals surface area contributed by atoms with Crippen LogP contribution in [0.4, 0.5) is 0 Å². The second-order valence-corrected chi connectivity index (χ2v) is 11.0. The summed E-state index contributed by atoms with van der Waals surface area (Å²) in [5, 5.41) is 7.98. The normalized spacial score (nSPS) is 13.6. The molecule has 1 aliphatic carbocycles. The molecule has 0 unspecified atom stereocenters. The Hall–Kier alpha value is -4.82. The fraction of sp³-hybridized carbons (Fsp3) is 0.0811. The van der Waals surface area contributed by atoms with Crippen LogP contribution in [0.25, 0.3) is 66.1 Å². The Morgan fingerprint density at radius 2 is 1.13 bits per heavy atom. The molecule has 8 rings (SSSR count). The van der Waals surface area contributed by atoms with Crippen LogP contribution in [-0.4, -0.2) is 9.97 Å². The molecule has 0 fully saturated rings. The summed E-state index contributed by atoms with van der Waals surface area (Å²) < 4.78 is 0. The summed E-state index contributed by atoms with van der Waals surface area (Å²) in [5.41, 5.74) is 9.14. The molecule has 2 heteroatoms. The SMILES string of the molecule is CC1(C)c2cc(-c3cccc(-c4ccccn4)n3)ccc2-c2ccc3c4ccccc4c4ccccc4c3c21. The average molecular weight is 499 g/mol. The third-order valence-electron chi connectivity index (χ3n) is 8.49. The van der Waals surface area contributed by atoms with Gasteiger partial charge < -0.3 is 0 Å². The minimum Gasteiger partial charge on any atom is -0.255 e. The van der Waals surface area contributed by atoms with Crippen LogP contribution in [0.5, 0.6) is 0 Å². The van der Waals surface area contributed by atoms with Gasteiger partial charge in [-0.2, -0.15) is 0 Å². The fourth-order valence-electron chi connectivity index (χ4n) is 6.71. The molecule has 5 aromatic carbocycles. The van der Waals surface area contributed by atoms with E-state index in [1.807, 2.05) is 30.5 Å². The van der Waals surface area contributed by atoms with Crippen molar-refractivity contribution in [1.29, 1.82) is 0 Å². The quantitative estimate of drug-likeness (QED) is 0.222. The molecule has 0 saturated carbocycles. The minimum absolute atomic E-state index is 0.163. The Balaban J connectivity index is 1.36. The zero-order valence-corrected chi connectivity index (χ0v) is 21.9. The molecule has 2 nitrogen and oxygen atoms in total. The van der Waals surface area contributed by atoms with Gasteiger partial charge in [0, 0.05) is 17.2 Å². The van der Waals surface area contributed by atoms with E-state index in [1.165, 1.54) is 54.6 Å². The van der Waals surface area contributed by atoms with Crippen LogP contribution in [-0.2, 0) is 5.41 Å². The van der Waals surface area contributed by atoms with E-state index in [-0.39, 0.29) is 5.41 Å². The maximum Gasteiger partial charge on any atom is 0.0893 e. The molecule has 2 aromatic heterocycles. The lowest BCUT2D eigenvalue weighted by Crippen LogP contribution is -2.16. The van der Waals surface area contributed by atoms with Crippen LogP contribution in [0.2, 0.25) is 0 Å². The molecule has 1 aliphatic rings. The highest BCUT2D eigenvalue weighted by atomic mass is 14.8. The number of pyridine rings is 2. The van der Waals surface area contributed by atoms with Crippen molar-refractivity contribution in [2.75, 3.05) is 0 Å². The largest absolute Gasteiger partial charge is 0.255 e. The highest BCUT2D eigenvalue weighted by molar-refractivity contribution is 6.27. The molecule has 0 spiro atoms. The van der Waals surface area contributed by atoms with E-state index < -0.39 is 0 Å². The van der Waals surface area contributed by atoms with Gasteiger partial charge in [-0.3, -0.25) is 4.98 Å². The van der Waals surface area contributed by atoms with Crippen LogP contribution < -0.4 is 0 Å². The molecular formula is C37H26N2. The molecule has 184 valence electrons. The number of hydrogen-bond acceptors (Lipinski definition) is 2. The first-order valence-electron chi connectivity index (χ1n) is 13.5. The van der Waals surface area contributed by atoms with Crippen molar-refractivity contribution >= 4 is 32.3 Å². The van der Waals surface area contributed by atoms with E-state index in [4.69, 9.17) is 4.98 Å². The van der Waals surface area contributed by atoms with Gasteiger partial charge in [0.1, 0.15) is 0 Å². The molecule has 0 aliphatic heterocycles. The lowest BCUT2D eigenvalue weighted by Gasteiger charge is -2.25. The van der Waals surface area contributed by atoms with Crippen LogP contribution in [0.1, 0.15) is 25.0 Å². The number of rotatable bonds is 2. The van der Waals surface area contributed by atoms with E-state index in [0.717, 1.165) is 22.6 Å². The summed E-state index contributed by atoms with van der Waals surface area (Å²) in [6.45, 7) is 4.76. The maximum atomic E-state index is 5.00. The lowest BCUT2D eigenvalue weighted by atomic mass is 9.78. The Labute approximate surface area is 227 Å². The number of nitrogens with zero attached hydrogens (tertiary/aromatic N) is 2. The second-order valence-electron chi connectivity index (χ2n) is 11.0. The maximum absolute atomic E-state index is 5.00. The summed E-state index contributed by atoms with van der Waals surface area (Å²) in [4.78, 5) is 9.50. The van der Waals surface area contributed by atoms with Crippen LogP contribution in [0, 0.1) is 0 Å². The first kappa shape index (κ1) is 22.2. The molecule has 0 amide bonds. The van der Waals surface area contributed by atoms with Crippen molar-refractivity contribution in [2.45, 2.75) is 19.3 Å². The summed E-state index contributed by atoms with van der Waals surface area (Å²) >= 11 is 0. The molecule has 0 radical (unpaired) electrons. The predicted molar refractivity (Wildman–Crippen MR) is 163 cm³/mol. The van der Waals surface area contributed by atoms with Gasteiger partial charge in [0.2, 0.25) is 0 Å². The smallest absolute Gasteiger partial charge is 0.0893 e. The topological polar surface area (TPSA) is 25.8 Å². The first-order chi connectivity index (χ1) is 19.1. The number of aromatic nitrogens is 2. The van der Waals surface area contributed by atoms with Crippen molar-refractivity contribution in [1.82, 2.24) is 9.97 Å². The molecule has 0 bridgehead atoms. The van der Waals surface area contributed by atoms with Crippen LogP contribution in [0.15, 0.2) is 121 Å². The lowest BCUT2D eigenvalue weighted by molar-refractivity contribution is 0.667. The highest BCUT2D eigenvalue weighted by Crippen LogP contribution is 2.54. The number of benzene rings is 5. The molecule has 0 atom stereocenters. The van der Waals surface area contributed by atoms with E-state index in [0.29, 0.717) is 0 Å². The zero-order valence-electron chi connectivity index (χ0n) is 21.9. The standard InChI is InChI=1S/C37H26N2/c1-37(2)31-22-23(32-15-9-16-34(39-32)33-14-7-8-21-38-33)17-18-27(31)30-20-19-29-26-12-4-3-10-24(26)25-11-5-6-13-28(25)35(29)36(30)37/h3-22H,1-2H3. The van der Waals surface area contributed by atoms with Gasteiger partial charge in [0.05, 0.1) is 17.1 Å². The predicted octanol–water partition coefficient (Wildman–Crippen LogP) is 9.58. The van der Waals surface area contributed by atoms with Crippen molar-refractivity contribution in [3.05, 3.63) is 133 Å². The van der Waals surface area contributed by atoms with Gasteiger partial charge in [-0.05, 0) is 84.9 Å². The van der Waals surface area contributed by atoms with Crippen molar-refractivity contribution in [3.8, 4) is 33.8 Å². The van der Waals surface area contributed by atoms with Crippen molar-refractivity contribution in [3.63, 3.8) is 0 Å². The molecule has 0 saturated heterocycles. The van der Waals surface area contributed by atoms with Crippen LogP contribution in [0.3, 0.4) is 0 Å². The summed E-state index contributed by atoms with van der Waals surface area (Å²) in [7, 11) is 0. The number of fused-ring (bicyclic) bond motifs is 10. The van der Waals surface area contributed by atoms with Gasteiger partial charge in [-0.25, -0.2) is 4.98 Å². The van der Waals surface area contributed by atoms with Gasteiger partial charge in [0.25, 0.3) is 0 Å². The Morgan fingerprint density at radius 1 is 0.513 bits per heavy atom. The Morgan fingerprint density at radius 3 is 1.87 bits per heavy atom. The second kappa shape index (κ2) is 8.09. The molecule has 0 N–H and O–H groups in total. The van der Waals surface area contributed by atoms with E-state index in [9.17, 15) is 0 Å². The van der Waals surface area contributed by atoms with Crippen molar-refractivity contribution in [2.24, 2.45) is 0 Å². The monoisotopic (exact) mass is 498 g/mol. The van der Waals surface area contributed by atoms with Gasteiger partial charge in [-0.15, -0.1) is 0 Å². The first-order valence-corrected chi connectivity index (χ1v) is 13.5.